The number of anilines is 1. The molecule has 0 saturated carbocycles. The van der Waals surface area contributed by atoms with Gasteiger partial charge in [-0.05, 0) is 26.3 Å². The van der Waals surface area contributed by atoms with E-state index in [-0.39, 0.29) is 0 Å². The van der Waals surface area contributed by atoms with Gasteiger partial charge in [0.1, 0.15) is 12.1 Å². The zero-order valence-corrected chi connectivity index (χ0v) is 10.9. The Hall–Kier alpha value is -1.36. The van der Waals surface area contributed by atoms with Crippen LogP contribution in [-0.4, -0.2) is 42.8 Å². The van der Waals surface area contributed by atoms with E-state index in [0.29, 0.717) is 17.9 Å². The summed E-state index contributed by atoms with van der Waals surface area (Å²) in [5, 5.41) is 3.47. The molecular weight excluding hydrogens is 228 g/mol. The van der Waals surface area contributed by atoms with Crippen LogP contribution in [0.2, 0.25) is 0 Å². The molecular formula is C13H20N4O. The van der Waals surface area contributed by atoms with Gasteiger partial charge < -0.3 is 15.0 Å². The number of hydrogen-bond acceptors (Lipinski definition) is 5. The molecule has 1 spiro atoms. The third-order valence-corrected chi connectivity index (χ3v) is 4.01. The van der Waals surface area contributed by atoms with Crippen molar-refractivity contribution in [1.82, 2.24) is 15.3 Å². The SMILES string of the molecule is CCOc1cc(N2CCC3(CCNC3)C2)ncn1. The molecule has 0 radical (unpaired) electrons. The second-order valence-corrected chi connectivity index (χ2v) is 5.25. The van der Waals surface area contributed by atoms with Gasteiger partial charge in [-0.1, -0.05) is 0 Å². The molecule has 18 heavy (non-hydrogen) atoms. The average molecular weight is 248 g/mol. The third-order valence-electron chi connectivity index (χ3n) is 4.01. The lowest BCUT2D eigenvalue weighted by molar-refractivity contribution is 0.326. The summed E-state index contributed by atoms with van der Waals surface area (Å²) in [6.07, 6.45) is 4.14. The summed E-state index contributed by atoms with van der Waals surface area (Å²) in [4.78, 5) is 10.8. The van der Waals surface area contributed by atoms with Crippen LogP contribution in [0.5, 0.6) is 5.88 Å². The monoisotopic (exact) mass is 248 g/mol. The highest BCUT2D eigenvalue weighted by molar-refractivity contribution is 5.42. The van der Waals surface area contributed by atoms with Crippen LogP contribution in [0.1, 0.15) is 19.8 Å². The molecule has 1 aromatic rings. The summed E-state index contributed by atoms with van der Waals surface area (Å²) in [5.74, 6) is 1.67. The summed E-state index contributed by atoms with van der Waals surface area (Å²) < 4.78 is 5.43. The van der Waals surface area contributed by atoms with Crippen LogP contribution in [0.25, 0.3) is 0 Å². The van der Waals surface area contributed by atoms with Gasteiger partial charge in [0, 0.05) is 31.1 Å². The molecule has 1 aromatic heterocycles. The Morgan fingerprint density at radius 3 is 3.17 bits per heavy atom. The number of nitrogens with one attached hydrogen (secondary N) is 1. The number of rotatable bonds is 3. The van der Waals surface area contributed by atoms with Crippen LogP contribution in [0.4, 0.5) is 5.82 Å². The Morgan fingerprint density at radius 2 is 2.39 bits per heavy atom. The van der Waals surface area contributed by atoms with E-state index in [9.17, 15) is 0 Å². The van der Waals surface area contributed by atoms with Crippen molar-refractivity contribution in [3.05, 3.63) is 12.4 Å². The second kappa shape index (κ2) is 4.72. The van der Waals surface area contributed by atoms with Gasteiger partial charge in [-0.2, -0.15) is 0 Å². The minimum atomic E-state index is 0.469. The molecule has 2 aliphatic heterocycles. The maximum absolute atomic E-state index is 5.43. The van der Waals surface area contributed by atoms with Crippen molar-refractivity contribution in [2.75, 3.05) is 37.7 Å². The van der Waals surface area contributed by atoms with Crippen LogP contribution in [-0.2, 0) is 0 Å². The van der Waals surface area contributed by atoms with E-state index in [2.05, 4.69) is 20.2 Å². The highest BCUT2D eigenvalue weighted by Gasteiger charge is 2.40. The molecule has 5 heteroatoms. The lowest BCUT2D eigenvalue weighted by Crippen LogP contribution is -2.29. The molecule has 2 saturated heterocycles. The fourth-order valence-electron chi connectivity index (χ4n) is 3.00. The molecule has 0 aliphatic carbocycles. The van der Waals surface area contributed by atoms with Crippen molar-refractivity contribution < 1.29 is 4.74 Å². The molecule has 1 atom stereocenters. The van der Waals surface area contributed by atoms with Gasteiger partial charge >= 0.3 is 0 Å². The highest BCUT2D eigenvalue weighted by atomic mass is 16.5. The van der Waals surface area contributed by atoms with Crippen LogP contribution < -0.4 is 15.0 Å². The van der Waals surface area contributed by atoms with Gasteiger partial charge in [-0.3, -0.25) is 0 Å². The normalized spacial score (nSPS) is 27.1. The van der Waals surface area contributed by atoms with Gasteiger partial charge in [-0.25, -0.2) is 9.97 Å². The Labute approximate surface area is 108 Å². The summed E-state index contributed by atoms with van der Waals surface area (Å²) in [6.45, 7) is 7.10. The number of hydrogen-bond donors (Lipinski definition) is 1. The van der Waals surface area contributed by atoms with E-state index in [1.807, 2.05) is 13.0 Å². The van der Waals surface area contributed by atoms with Crippen LogP contribution in [0.15, 0.2) is 12.4 Å². The van der Waals surface area contributed by atoms with Gasteiger partial charge in [0.15, 0.2) is 0 Å². The van der Waals surface area contributed by atoms with Crippen molar-refractivity contribution >= 4 is 5.82 Å². The molecule has 0 amide bonds. The van der Waals surface area contributed by atoms with E-state index in [0.717, 1.165) is 32.0 Å². The minimum Gasteiger partial charge on any atom is -0.478 e. The molecule has 1 unspecified atom stereocenters. The number of nitrogens with zero attached hydrogens (tertiary/aromatic N) is 3. The quantitative estimate of drug-likeness (QED) is 0.867. The summed E-state index contributed by atoms with van der Waals surface area (Å²) in [5.41, 5.74) is 0.469. The van der Waals surface area contributed by atoms with Crippen molar-refractivity contribution in [2.24, 2.45) is 5.41 Å². The molecule has 0 bridgehead atoms. The Bertz CT molecular complexity index is 417. The Kier molecular flexibility index (Phi) is 3.07. The smallest absolute Gasteiger partial charge is 0.218 e. The zero-order chi connectivity index (χ0) is 12.4. The van der Waals surface area contributed by atoms with Gasteiger partial charge in [0.25, 0.3) is 0 Å². The molecule has 98 valence electrons. The van der Waals surface area contributed by atoms with E-state index in [1.165, 1.54) is 12.8 Å². The average Bonchev–Trinajstić information content (AvgIpc) is 3.01. The first kappa shape index (κ1) is 11.7. The first-order valence-electron chi connectivity index (χ1n) is 6.72. The zero-order valence-electron chi connectivity index (χ0n) is 10.9. The third kappa shape index (κ3) is 2.14. The summed E-state index contributed by atoms with van der Waals surface area (Å²) in [6, 6.07) is 1.95. The second-order valence-electron chi connectivity index (χ2n) is 5.25. The van der Waals surface area contributed by atoms with E-state index in [4.69, 9.17) is 4.74 Å². The first-order chi connectivity index (χ1) is 8.81. The van der Waals surface area contributed by atoms with Crippen molar-refractivity contribution in [1.29, 1.82) is 0 Å². The molecule has 2 aliphatic rings. The highest BCUT2D eigenvalue weighted by Crippen LogP contribution is 2.37. The van der Waals surface area contributed by atoms with Crippen LogP contribution in [0.3, 0.4) is 0 Å². The van der Waals surface area contributed by atoms with E-state index >= 15 is 0 Å². The lowest BCUT2D eigenvalue weighted by atomic mass is 9.87. The maximum Gasteiger partial charge on any atom is 0.218 e. The maximum atomic E-state index is 5.43. The van der Waals surface area contributed by atoms with E-state index < -0.39 is 0 Å². The fourth-order valence-corrected chi connectivity index (χ4v) is 3.00. The molecule has 2 fully saturated rings. The number of aromatic nitrogens is 2. The van der Waals surface area contributed by atoms with E-state index in [1.54, 1.807) is 6.33 Å². The largest absolute Gasteiger partial charge is 0.478 e. The Morgan fingerprint density at radius 1 is 1.44 bits per heavy atom. The van der Waals surface area contributed by atoms with Crippen molar-refractivity contribution in [2.45, 2.75) is 19.8 Å². The Balaban J connectivity index is 1.73. The van der Waals surface area contributed by atoms with Gasteiger partial charge in [0.05, 0.1) is 6.61 Å². The number of ether oxygens (including phenoxy) is 1. The molecule has 0 aromatic carbocycles. The predicted molar refractivity (Wildman–Crippen MR) is 70.0 cm³/mol. The standard InChI is InChI=1S/C13H20N4O/c1-2-18-12-7-11(15-10-16-12)17-6-4-13(9-17)3-5-14-8-13/h7,10,14H,2-6,8-9H2,1H3. The predicted octanol–water partition coefficient (Wildman–Crippen LogP) is 1.07. The fraction of sp³-hybridized carbons (Fsp3) is 0.692. The van der Waals surface area contributed by atoms with Crippen LogP contribution in [0, 0.1) is 5.41 Å². The summed E-state index contributed by atoms with van der Waals surface area (Å²) in [7, 11) is 0. The molecule has 1 N–H and O–H groups in total. The molecule has 3 heterocycles. The molecule has 3 rings (SSSR count). The first-order valence-corrected chi connectivity index (χ1v) is 6.72. The van der Waals surface area contributed by atoms with Crippen LogP contribution >= 0.6 is 0 Å². The van der Waals surface area contributed by atoms with Crippen molar-refractivity contribution in [3.63, 3.8) is 0 Å². The van der Waals surface area contributed by atoms with Crippen molar-refractivity contribution in [3.8, 4) is 5.88 Å². The topological polar surface area (TPSA) is 50.3 Å². The molecule has 5 nitrogen and oxygen atoms in total. The lowest BCUT2D eigenvalue weighted by Gasteiger charge is -2.23. The van der Waals surface area contributed by atoms with Gasteiger partial charge in [-0.15, -0.1) is 0 Å². The minimum absolute atomic E-state index is 0.469. The summed E-state index contributed by atoms with van der Waals surface area (Å²) >= 11 is 0. The van der Waals surface area contributed by atoms with Gasteiger partial charge in [0.2, 0.25) is 5.88 Å².